The molecule has 7 nitrogen and oxygen atoms in total. The highest BCUT2D eigenvalue weighted by Gasteiger charge is 2.26. The molecule has 1 aliphatic heterocycles. The van der Waals surface area contributed by atoms with Crippen LogP contribution in [0.5, 0.6) is 0 Å². The smallest absolute Gasteiger partial charge is 0.407 e. The molecule has 2 amide bonds. The first-order chi connectivity index (χ1) is 10.1. The summed E-state index contributed by atoms with van der Waals surface area (Å²) in [5.74, 6) is -0.213. The number of carbonyl (C=O) groups excluding carboxylic acids is 2. The van der Waals surface area contributed by atoms with Crippen LogP contribution in [0.2, 0.25) is 5.15 Å². The van der Waals surface area contributed by atoms with Crippen LogP contribution in [0.1, 0.15) is 30.3 Å². The van der Waals surface area contributed by atoms with Crippen molar-refractivity contribution in [3.8, 4) is 0 Å². The molecule has 8 heteroatoms. The Morgan fingerprint density at radius 2 is 2.29 bits per heavy atom. The van der Waals surface area contributed by atoms with Gasteiger partial charge in [-0.2, -0.15) is 0 Å². The lowest BCUT2D eigenvalue weighted by molar-refractivity contribution is 0.0680. The van der Waals surface area contributed by atoms with Gasteiger partial charge in [-0.25, -0.2) is 14.8 Å². The number of hydrogen-bond acceptors (Lipinski definition) is 5. The molecule has 0 saturated carbocycles. The third-order valence-electron chi connectivity index (χ3n) is 3.15. The normalized spacial score (nSPS) is 18.2. The maximum atomic E-state index is 12.3. The first-order valence-electron chi connectivity index (χ1n) is 6.80. The number of aromatic nitrogens is 2. The number of piperidine rings is 1. The third kappa shape index (κ3) is 4.29. The standard InChI is InChI=1S/C13H17ClN4O3/c1-2-21-13(20)17-9-4-3-5-18(8-9)12(19)10-6-16-11(14)7-15-10/h6-7,9H,2-5,8H2,1H3,(H,17,20). The molecule has 1 atom stereocenters. The van der Waals surface area contributed by atoms with Crippen molar-refractivity contribution < 1.29 is 14.3 Å². The van der Waals surface area contributed by atoms with E-state index in [-0.39, 0.29) is 22.8 Å². The summed E-state index contributed by atoms with van der Waals surface area (Å²) < 4.78 is 4.85. The van der Waals surface area contributed by atoms with Gasteiger partial charge in [-0.3, -0.25) is 4.79 Å². The van der Waals surface area contributed by atoms with E-state index < -0.39 is 6.09 Å². The van der Waals surface area contributed by atoms with Crippen molar-refractivity contribution in [1.82, 2.24) is 20.2 Å². The maximum absolute atomic E-state index is 12.3. The van der Waals surface area contributed by atoms with Gasteiger partial charge in [-0.15, -0.1) is 0 Å². The number of likely N-dealkylation sites (tertiary alicyclic amines) is 1. The molecule has 114 valence electrons. The molecule has 1 N–H and O–H groups in total. The summed E-state index contributed by atoms with van der Waals surface area (Å²) in [5, 5.41) is 3.00. The zero-order valence-corrected chi connectivity index (χ0v) is 12.5. The first-order valence-corrected chi connectivity index (χ1v) is 7.18. The van der Waals surface area contributed by atoms with E-state index in [1.807, 2.05) is 0 Å². The van der Waals surface area contributed by atoms with Gasteiger partial charge in [-0.05, 0) is 19.8 Å². The molecular weight excluding hydrogens is 296 g/mol. The Labute approximate surface area is 127 Å². The van der Waals surface area contributed by atoms with Crippen LogP contribution in [0.25, 0.3) is 0 Å². The van der Waals surface area contributed by atoms with Crippen molar-refractivity contribution in [3.63, 3.8) is 0 Å². The molecule has 1 aromatic rings. The number of alkyl carbamates (subject to hydrolysis) is 1. The van der Waals surface area contributed by atoms with Crippen molar-refractivity contribution in [2.75, 3.05) is 19.7 Å². The number of rotatable bonds is 3. The fraction of sp³-hybridized carbons (Fsp3) is 0.538. The molecule has 0 aliphatic carbocycles. The second-order valence-electron chi connectivity index (χ2n) is 4.68. The van der Waals surface area contributed by atoms with Gasteiger partial charge in [0.05, 0.1) is 19.0 Å². The first kappa shape index (κ1) is 15.5. The summed E-state index contributed by atoms with van der Waals surface area (Å²) in [6, 6.07) is -0.109. The van der Waals surface area contributed by atoms with Gasteiger partial charge >= 0.3 is 6.09 Å². The molecule has 2 rings (SSSR count). The molecule has 2 heterocycles. The highest BCUT2D eigenvalue weighted by molar-refractivity contribution is 6.29. The lowest BCUT2D eigenvalue weighted by Crippen LogP contribution is -2.49. The van der Waals surface area contributed by atoms with Crippen molar-refractivity contribution in [2.24, 2.45) is 0 Å². The summed E-state index contributed by atoms with van der Waals surface area (Å²) in [6.45, 7) is 3.13. The molecule has 1 fully saturated rings. The van der Waals surface area contributed by atoms with E-state index in [1.54, 1.807) is 11.8 Å². The topological polar surface area (TPSA) is 84.4 Å². The average Bonchev–Trinajstić information content (AvgIpc) is 2.48. The van der Waals surface area contributed by atoms with Crippen molar-refractivity contribution in [3.05, 3.63) is 23.2 Å². The molecule has 0 aromatic carbocycles. The molecule has 1 aromatic heterocycles. The second-order valence-corrected chi connectivity index (χ2v) is 5.07. The van der Waals surface area contributed by atoms with E-state index in [0.29, 0.717) is 19.7 Å². The predicted octanol–water partition coefficient (Wildman–Crippen LogP) is 1.48. The van der Waals surface area contributed by atoms with Crippen molar-refractivity contribution >= 4 is 23.6 Å². The Balaban J connectivity index is 1.95. The zero-order chi connectivity index (χ0) is 15.2. The molecule has 1 saturated heterocycles. The number of hydrogen-bond donors (Lipinski definition) is 1. The Hall–Kier alpha value is -1.89. The highest BCUT2D eigenvalue weighted by Crippen LogP contribution is 2.13. The minimum Gasteiger partial charge on any atom is -0.450 e. The summed E-state index contributed by atoms with van der Waals surface area (Å²) in [7, 11) is 0. The van der Waals surface area contributed by atoms with Crippen molar-refractivity contribution in [2.45, 2.75) is 25.8 Å². The van der Waals surface area contributed by atoms with E-state index in [0.717, 1.165) is 12.8 Å². The Morgan fingerprint density at radius 3 is 2.95 bits per heavy atom. The fourth-order valence-electron chi connectivity index (χ4n) is 2.20. The molecule has 21 heavy (non-hydrogen) atoms. The number of halogens is 1. The molecule has 1 aliphatic rings. The average molecular weight is 313 g/mol. The van der Waals surface area contributed by atoms with E-state index in [2.05, 4.69) is 15.3 Å². The van der Waals surface area contributed by atoms with Crippen LogP contribution in [-0.2, 0) is 4.74 Å². The zero-order valence-electron chi connectivity index (χ0n) is 11.7. The Bertz CT molecular complexity index is 509. The molecule has 1 unspecified atom stereocenters. The Kier molecular flexibility index (Phi) is 5.32. The largest absolute Gasteiger partial charge is 0.450 e. The quantitative estimate of drug-likeness (QED) is 0.914. The summed E-state index contributed by atoms with van der Waals surface area (Å²) >= 11 is 5.65. The lowest BCUT2D eigenvalue weighted by Gasteiger charge is -2.32. The van der Waals surface area contributed by atoms with Gasteiger partial charge in [0.2, 0.25) is 0 Å². The molecule has 0 bridgehead atoms. The van der Waals surface area contributed by atoms with Crippen LogP contribution in [0.4, 0.5) is 4.79 Å². The van der Waals surface area contributed by atoms with Crippen molar-refractivity contribution in [1.29, 1.82) is 0 Å². The summed E-state index contributed by atoms with van der Waals surface area (Å²) in [6.07, 6.45) is 3.86. The summed E-state index contributed by atoms with van der Waals surface area (Å²) in [5.41, 5.74) is 0.246. The van der Waals surface area contributed by atoms with Gasteiger partial charge in [-0.1, -0.05) is 11.6 Å². The third-order valence-corrected chi connectivity index (χ3v) is 3.34. The van der Waals surface area contributed by atoms with Gasteiger partial charge in [0.25, 0.3) is 5.91 Å². The number of nitrogens with one attached hydrogen (secondary N) is 1. The van der Waals surface area contributed by atoms with Crippen LogP contribution in [0, 0.1) is 0 Å². The van der Waals surface area contributed by atoms with E-state index in [1.165, 1.54) is 12.4 Å². The van der Waals surface area contributed by atoms with Gasteiger partial charge in [0, 0.05) is 19.1 Å². The van der Waals surface area contributed by atoms with E-state index in [9.17, 15) is 9.59 Å². The van der Waals surface area contributed by atoms with Crippen LogP contribution < -0.4 is 5.32 Å². The lowest BCUT2D eigenvalue weighted by atomic mass is 10.1. The number of carbonyl (C=O) groups is 2. The highest BCUT2D eigenvalue weighted by atomic mass is 35.5. The molecule has 0 radical (unpaired) electrons. The van der Waals surface area contributed by atoms with E-state index >= 15 is 0 Å². The van der Waals surface area contributed by atoms with Crippen LogP contribution in [0.15, 0.2) is 12.4 Å². The minimum atomic E-state index is -0.455. The monoisotopic (exact) mass is 312 g/mol. The maximum Gasteiger partial charge on any atom is 0.407 e. The van der Waals surface area contributed by atoms with Crippen LogP contribution in [0.3, 0.4) is 0 Å². The number of nitrogens with zero attached hydrogens (tertiary/aromatic N) is 3. The number of ether oxygens (including phenoxy) is 1. The molecule has 0 spiro atoms. The number of amides is 2. The van der Waals surface area contributed by atoms with Gasteiger partial charge in [0.1, 0.15) is 10.8 Å². The predicted molar refractivity (Wildman–Crippen MR) is 76.1 cm³/mol. The van der Waals surface area contributed by atoms with Crippen LogP contribution in [-0.4, -0.2) is 52.6 Å². The van der Waals surface area contributed by atoms with Gasteiger partial charge < -0.3 is 15.0 Å². The second kappa shape index (κ2) is 7.21. The molecular formula is C13H17ClN4O3. The minimum absolute atomic E-state index is 0.109. The fourth-order valence-corrected chi connectivity index (χ4v) is 2.30. The van der Waals surface area contributed by atoms with E-state index in [4.69, 9.17) is 16.3 Å². The SMILES string of the molecule is CCOC(=O)NC1CCCN(C(=O)c2cnc(Cl)cn2)C1. The van der Waals surface area contributed by atoms with Crippen LogP contribution >= 0.6 is 11.6 Å². The summed E-state index contributed by atoms with van der Waals surface area (Å²) in [4.78, 5) is 33.2. The Morgan fingerprint density at radius 1 is 1.48 bits per heavy atom. The van der Waals surface area contributed by atoms with Gasteiger partial charge in [0.15, 0.2) is 0 Å².